The molecule has 5 heteroatoms. The Morgan fingerprint density at radius 3 is 2.43 bits per heavy atom. The third-order valence-electron chi connectivity index (χ3n) is 3.04. The molecule has 3 aromatic rings. The van der Waals surface area contributed by atoms with Crippen molar-refractivity contribution in [1.82, 2.24) is 19.9 Å². The Kier molecular flexibility index (Phi) is 3.47. The van der Waals surface area contributed by atoms with Crippen LogP contribution in [-0.2, 0) is 0 Å². The van der Waals surface area contributed by atoms with Crippen molar-refractivity contribution in [1.29, 1.82) is 0 Å². The van der Waals surface area contributed by atoms with Gasteiger partial charge in [-0.25, -0.2) is 4.98 Å². The van der Waals surface area contributed by atoms with E-state index >= 15 is 0 Å². The third kappa shape index (κ3) is 2.67. The number of benzene rings is 1. The molecule has 0 aliphatic rings. The van der Waals surface area contributed by atoms with E-state index in [4.69, 9.17) is 0 Å². The first-order valence-corrected chi connectivity index (χ1v) is 6.44. The smallest absolute Gasteiger partial charge is 0.160 e. The molecule has 0 atom stereocenters. The zero-order chi connectivity index (χ0) is 14.7. The number of hydrogen-bond donors (Lipinski definition) is 0. The number of carbonyl (C=O) groups is 1. The molecule has 21 heavy (non-hydrogen) atoms. The molecule has 0 bridgehead atoms. The van der Waals surface area contributed by atoms with Gasteiger partial charge < -0.3 is 0 Å². The van der Waals surface area contributed by atoms with Crippen LogP contribution in [0.1, 0.15) is 17.3 Å². The Morgan fingerprint density at radius 2 is 1.67 bits per heavy atom. The number of Topliss-reactive ketones (excluding diaryl/α,β-unsaturated/α-hetero) is 1. The Labute approximate surface area is 121 Å². The van der Waals surface area contributed by atoms with Crippen molar-refractivity contribution < 1.29 is 4.79 Å². The Bertz CT molecular complexity index is 787. The van der Waals surface area contributed by atoms with Crippen LogP contribution in [0.5, 0.6) is 0 Å². The van der Waals surface area contributed by atoms with Gasteiger partial charge in [-0.3, -0.25) is 19.7 Å². The van der Waals surface area contributed by atoms with Crippen LogP contribution in [0.15, 0.2) is 55.2 Å². The first-order valence-electron chi connectivity index (χ1n) is 6.44. The van der Waals surface area contributed by atoms with Gasteiger partial charge in [-0.15, -0.1) is 0 Å². The summed E-state index contributed by atoms with van der Waals surface area (Å²) in [7, 11) is 0. The highest BCUT2D eigenvalue weighted by atomic mass is 16.1. The fourth-order valence-corrected chi connectivity index (χ4v) is 2.06. The van der Waals surface area contributed by atoms with Gasteiger partial charge in [0.15, 0.2) is 5.78 Å². The van der Waals surface area contributed by atoms with Gasteiger partial charge >= 0.3 is 0 Å². The molecule has 3 rings (SSSR count). The molecule has 2 aromatic heterocycles. The maximum absolute atomic E-state index is 11.7. The van der Waals surface area contributed by atoms with Crippen molar-refractivity contribution in [2.75, 3.05) is 0 Å². The van der Waals surface area contributed by atoms with Crippen LogP contribution in [-0.4, -0.2) is 25.7 Å². The lowest BCUT2D eigenvalue weighted by Crippen LogP contribution is -1.98. The van der Waals surface area contributed by atoms with E-state index < -0.39 is 0 Å². The predicted octanol–water partition coefficient (Wildman–Crippen LogP) is 2.80. The van der Waals surface area contributed by atoms with Crippen LogP contribution >= 0.6 is 0 Å². The molecule has 0 aliphatic heterocycles. The second kappa shape index (κ2) is 5.58. The summed E-state index contributed by atoms with van der Waals surface area (Å²) in [5.41, 5.74) is 3.31. The lowest BCUT2D eigenvalue weighted by Gasteiger charge is -2.07. The van der Waals surface area contributed by atoms with Crippen molar-refractivity contribution in [3.63, 3.8) is 0 Å². The fourth-order valence-electron chi connectivity index (χ4n) is 2.06. The number of hydrogen-bond acceptors (Lipinski definition) is 5. The van der Waals surface area contributed by atoms with Crippen molar-refractivity contribution in [3.05, 3.63) is 60.8 Å². The van der Waals surface area contributed by atoms with Crippen molar-refractivity contribution in [2.45, 2.75) is 6.92 Å². The highest BCUT2D eigenvalue weighted by Crippen LogP contribution is 2.23. The van der Waals surface area contributed by atoms with E-state index in [-0.39, 0.29) is 5.78 Å². The normalized spacial score (nSPS) is 10.3. The van der Waals surface area contributed by atoms with Crippen molar-refractivity contribution in [2.24, 2.45) is 0 Å². The number of nitrogens with zero attached hydrogens (tertiary/aromatic N) is 4. The van der Waals surface area contributed by atoms with E-state index in [1.165, 1.54) is 0 Å². The fraction of sp³-hybridized carbons (Fsp3) is 0.0625. The monoisotopic (exact) mass is 276 g/mol. The minimum absolute atomic E-state index is 0.00249. The average molecular weight is 276 g/mol. The van der Waals surface area contributed by atoms with Crippen molar-refractivity contribution >= 4 is 5.78 Å². The van der Waals surface area contributed by atoms with E-state index in [1.54, 1.807) is 44.0 Å². The topological polar surface area (TPSA) is 68.6 Å². The molecule has 0 radical (unpaired) electrons. The molecule has 0 aliphatic carbocycles. The van der Waals surface area contributed by atoms with Crippen LogP contribution in [0.3, 0.4) is 0 Å². The molecule has 0 saturated heterocycles. The number of ketones is 1. The van der Waals surface area contributed by atoms with Gasteiger partial charge in [0, 0.05) is 23.5 Å². The first-order chi connectivity index (χ1) is 10.3. The summed E-state index contributed by atoms with van der Waals surface area (Å²) in [6.07, 6.45) is 8.11. The zero-order valence-corrected chi connectivity index (χ0v) is 11.4. The number of aromatic nitrogens is 4. The van der Waals surface area contributed by atoms with Crippen LogP contribution in [0.25, 0.3) is 22.6 Å². The molecular formula is C16H12N4O. The summed E-state index contributed by atoms with van der Waals surface area (Å²) in [5, 5.41) is 0. The Morgan fingerprint density at radius 1 is 0.905 bits per heavy atom. The standard InChI is InChI=1S/C16H12N4O/c1-11(21)12-4-2-3-5-13(12)14-8-18-10-16(20-14)15-9-17-6-7-19-15/h2-10H,1H3. The first kappa shape index (κ1) is 13.1. The maximum atomic E-state index is 11.7. The van der Waals surface area contributed by atoms with E-state index in [9.17, 15) is 4.79 Å². The maximum Gasteiger partial charge on any atom is 0.160 e. The molecule has 0 unspecified atom stereocenters. The predicted molar refractivity (Wildman–Crippen MR) is 78.5 cm³/mol. The SMILES string of the molecule is CC(=O)c1ccccc1-c1cncc(-c2cnccn2)n1. The molecular weight excluding hydrogens is 264 g/mol. The summed E-state index contributed by atoms with van der Waals surface area (Å²) in [6.45, 7) is 1.54. The summed E-state index contributed by atoms with van der Waals surface area (Å²) >= 11 is 0. The van der Waals surface area contributed by atoms with Crippen LogP contribution < -0.4 is 0 Å². The highest BCUT2D eigenvalue weighted by Gasteiger charge is 2.11. The average Bonchev–Trinajstić information content (AvgIpc) is 2.56. The van der Waals surface area contributed by atoms with E-state index in [0.717, 1.165) is 5.56 Å². The summed E-state index contributed by atoms with van der Waals surface area (Å²) in [5.74, 6) is -0.00249. The lowest BCUT2D eigenvalue weighted by molar-refractivity contribution is 0.101. The molecule has 0 spiro atoms. The quantitative estimate of drug-likeness (QED) is 0.688. The molecule has 0 amide bonds. The second-order valence-electron chi connectivity index (χ2n) is 4.48. The zero-order valence-electron chi connectivity index (χ0n) is 11.4. The Balaban J connectivity index is 2.11. The molecule has 0 saturated carbocycles. The van der Waals surface area contributed by atoms with Gasteiger partial charge in [-0.2, -0.15) is 0 Å². The van der Waals surface area contributed by atoms with E-state index in [2.05, 4.69) is 19.9 Å². The van der Waals surface area contributed by atoms with Gasteiger partial charge in [0.2, 0.25) is 0 Å². The van der Waals surface area contributed by atoms with E-state index in [0.29, 0.717) is 22.6 Å². The van der Waals surface area contributed by atoms with Crippen LogP contribution in [0.2, 0.25) is 0 Å². The Hall–Kier alpha value is -2.95. The molecule has 0 fully saturated rings. The van der Waals surface area contributed by atoms with Crippen molar-refractivity contribution in [3.8, 4) is 22.6 Å². The highest BCUT2D eigenvalue weighted by molar-refractivity contribution is 6.00. The van der Waals surface area contributed by atoms with Gasteiger partial charge in [0.25, 0.3) is 0 Å². The van der Waals surface area contributed by atoms with Gasteiger partial charge in [-0.05, 0) is 6.92 Å². The van der Waals surface area contributed by atoms with Gasteiger partial charge in [0.05, 0.1) is 24.3 Å². The third-order valence-corrected chi connectivity index (χ3v) is 3.04. The number of carbonyl (C=O) groups excluding carboxylic acids is 1. The van der Waals surface area contributed by atoms with Crippen LogP contribution in [0, 0.1) is 0 Å². The summed E-state index contributed by atoms with van der Waals surface area (Å²) in [6, 6.07) is 7.36. The van der Waals surface area contributed by atoms with E-state index in [1.807, 2.05) is 18.2 Å². The molecule has 5 nitrogen and oxygen atoms in total. The second-order valence-corrected chi connectivity index (χ2v) is 4.48. The molecule has 102 valence electrons. The minimum atomic E-state index is -0.00249. The molecule has 1 aromatic carbocycles. The van der Waals surface area contributed by atoms with Gasteiger partial charge in [0.1, 0.15) is 11.4 Å². The lowest BCUT2D eigenvalue weighted by atomic mass is 10.0. The van der Waals surface area contributed by atoms with Gasteiger partial charge in [-0.1, -0.05) is 24.3 Å². The summed E-state index contributed by atoms with van der Waals surface area (Å²) in [4.78, 5) is 28.7. The van der Waals surface area contributed by atoms with Crippen LogP contribution in [0.4, 0.5) is 0 Å². The minimum Gasteiger partial charge on any atom is -0.294 e. The summed E-state index contributed by atoms with van der Waals surface area (Å²) < 4.78 is 0. The molecule has 2 heterocycles. The molecule has 0 N–H and O–H groups in total. The largest absolute Gasteiger partial charge is 0.294 e. The number of rotatable bonds is 3.